The highest BCUT2D eigenvalue weighted by Gasteiger charge is 2.72. The van der Waals surface area contributed by atoms with Gasteiger partial charge in [-0.1, -0.05) is 34.6 Å². The van der Waals surface area contributed by atoms with Crippen molar-refractivity contribution >= 4 is 17.7 Å². The minimum atomic E-state index is -1.12. The number of carbonyl (C=O) groups excluding carboxylic acids is 2. The largest absolute Gasteiger partial charge is 0.481 e. The second kappa shape index (κ2) is 9.62. The maximum Gasteiger partial charge on any atom is 0.303 e. The lowest BCUT2D eigenvalue weighted by atomic mass is 9.37. The van der Waals surface area contributed by atoms with Gasteiger partial charge in [-0.05, 0) is 85.9 Å². The zero-order chi connectivity index (χ0) is 27.6. The molecule has 0 aromatic rings. The average molecular weight is 521 g/mol. The molecule has 7 heteroatoms. The van der Waals surface area contributed by atoms with Crippen molar-refractivity contribution in [3.05, 3.63) is 0 Å². The predicted molar refractivity (Wildman–Crippen MR) is 138 cm³/mol. The Hall–Kier alpha value is -1.47. The Morgan fingerprint density at radius 3 is 2.14 bits per heavy atom. The van der Waals surface area contributed by atoms with Crippen LogP contribution in [0.5, 0.6) is 0 Å². The van der Waals surface area contributed by atoms with Crippen LogP contribution in [-0.4, -0.2) is 50.3 Å². The van der Waals surface area contributed by atoms with E-state index in [1.807, 2.05) is 13.8 Å². The van der Waals surface area contributed by atoms with E-state index in [4.69, 9.17) is 4.74 Å². The molecule has 0 spiro atoms. The Morgan fingerprint density at radius 1 is 0.973 bits per heavy atom. The Labute approximate surface area is 221 Å². The summed E-state index contributed by atoms with van der Waals surface area (Å²) in [6.07, 6.45) is 5.14. The van der Waals surface area contributed by atoms with Crippen molar-refractivity contribution < 1.29 is 34.4 Å². The number of hydrogen-bond acceptors (Lipinski definition) is 6. The molecule has 3 N–H and O–H groups in total. The summed E-state index contributed by atoms with van der Waals surface area (Å²) in [5.74, 6) is -1.59. The van der Waals surface area contributed by atoms with Crippen LogP contribution < -0.4 is 0 Å². The summed E-state index contributed by atoms with van der Waals surface area (Å²) in [5.41, 5.74) is -3.07. The Morgan fingerprint density at radius 2 is 1.57 bits per heavy atom. The summed E-state index contributed by atoms with van der Waals surface area (Å²) in [5, 5.41) is 33.8. The molecule has 4 unspecified atom stereocenters. The van der Waals surface area contributed by atoms with Crippen molar-refractivity contribution in [3.8, 4) is 0 Å². The third-order valence-electron chi connectivity index (χ3n) is 11.9. The molecule has 0 aliphatic heterocycles. The number of carboxylic acid groups (broad SMARTS) is 1. The summed E-state index contributed by atoms with van der Waals surface area (Å²) in [6, 6.07) is 0. The van der Waals surface area contributed by atoms with E-state index in [-0.39, 0.29) is 66.2 Å². The summed E-state index contributed by atoms with van der Waals surface area (Å²) in [6.45, 7) is 11.7. The quantitative estimate of drug-likeness (QED) is 0.414. The number of hydrogen-bond donors (Lipinski definition) is 3. The van der Waals surface area contributed by atoms with Gasteiger partial charge in [-0.25, -0.2) is 0 Å². The van der Waals surface area contributed by atoms with Crippen LogP contribution in [0.2, 0.25) is 0 Å². The molecule has 210 valence electrons. The van der Waals surface area contributed by atoms with Crippen LogP contribution in [0.25, 0.3) is 0 Å². The Kier molecular flexibility index (Phi) is 7.42. The average Bonchev–Trinajstić information content (AvgIpc) is 3.08. The SMILES string of the molecule is CCC1C(C(=O)C(C)C)[C@H]2[C@@H]3CC[C@](O)(CCC(=O)O)[C@@]3(C)CC[C@@H]2[C@@]2(C)CCC(OC(C)=O)CC12O. The third-order valence-corrected chi connectivity index (χ3v) is 11.9. The first-order chi connectivity index (χ1) is 17.1. The summed E-state index contributed by atoms with van der Waals surface area (Å²) in [4.78, 5) is 37.2. The van der Waals surface area contributed by atoms with Gasteiger partial charge in [0.2, 0.25) is 0 Å². The molecule has 4 fully saturated rings. The zero-order valence-electron chi connectivity index (χ0n) is 23.6. The second-order valence-electron chi connectivity index (χ2n) is 13.6. The molecule has 0 radical (unpaired) electrons. The highest BCUT2D eigenvalue weighted by atomic mass is 16.5. The van der Waals surface area contributed by atoms with Gasteiger partial charge in [0.25, 0.3) is 0 Å². The first-order valence-corrected chi connectivity index (χ1v) is 14.5. The van der Waals surface area contributed by atoms with E-state index < -0.39 is 28.0 Å². The fraction of sp³-hybridized carbons (Fsp3) is 0.900. The lowest BCUT2D eigenvalue weighted by Crippen LogP contribution is -2.71. The van der Waals surface area contributed by atoms with Gasteiger partial charge in [-0.15, -0.1) is 0 Å². The molecule has 0 bridgehead atoms. The van der Waals surface area contributed by atoms with E-state index in [9.17, 15) is 29.7 Å². The van der Waals surface area contributed by atoms with Gasteiger partial charge < -0.3 is 20.1 Å². The van der Waals surface area contributed by atoms with Crippen LogP contribution >= 0.6 is 0 Å². The van der Waals surface area contributed by atoms with Gasteiger partial charge in [0.05, 0.1) is 11.2 Å². The molecule has 0 heterocycles. The summed E-state index contributed by atoms with van der Waals surface area (Å²) >= 11 is 0. The van der Waals surface area contributed by atoms with E-state index in [0.717, 1.165) is 25.7 Å². The number of ketones is 1. The molecule has 4 saturated carbocycles. The molecule has 4 aliphatic rings. The first kappa shape index (κ1) is 28.5. The van der Waals surface area contributed by atoms with E-state index in [2.05, 4.69) is 20.8 Å². The molecule has 37 heavy (non-hydrogen) atoms. The maximum atomic E-state index is 14.0. The van der Waals surface area contributed by atoms with Crippen LogP contribution in [0.1, 0.15) is 106 Å². The van der Waals surface area contributed by atoms with Crippen molar-refractivity contribution in [1.82, 2.24) is 0 Å². The Balaban J connectivity index is 1.80. The molecule has 4 aliphatic carbocycles. The lowest BCUT2D eigenvalue weighted by molar-refractivity contribution is -0.271. The number of aliphatic carboxylic acids is 1. The number of carboxylic acids is 1. The van der Waals surface area contributed by atoms with Crippen molar-refractivity contribution in [1.29, 1.82) is 0 Å². The van der Waals surface area contributed by atoms with E-state index in [1.54, 1.807) is 0 Å². The van der Waals surface area contributed by atoms with Crippen LogP contribution in [0.15, 0.2) is 0 Å². The molecule has 0 amide bonds. The van der Waals surface area contributed by atoms with Crippen molar-refractivity contribution in [2.24, 2.45) is 46.3 Å². The number of rotatable bonds is 7. The smallest absolute Gasteiger partial charge is 0.303 e. The van der Waals surface area contributed by atoms with E-state index >= 15 is 0 Å². The van der Waals surface area contributed by atoms with Crippen molar-refractivity contribution in [3.63, 3.8) is 0 Å². The van der Waals surface area contributed by atoms with Gasteiger partial charge in [-0.3, -0.25) is 14.4 Å². The highest BCUT2D eigenvalue weighted by Crippen LogP contribution is 2.72. The standard InChI is InChI=1S/C30H48O7/c1-7-20-25(26(34)17(2)3)24-21-10-14-29(35,15-11-23(32)33)27(21,5)13-9-22(24)28(6)12-8-19(37-18(4)31)16-30(20,28)36/h17,19-22,24-25,35-36H,7-16H2,1-6H3,(H,32,33)/t19?,20?,21-,22-,24-,25?,27-,28+,29-,30?/m0/s1. The molecule has 0 aromatic heterocycles. The monoisotopic (exact) mass is 520 g/mol. The molecular formula is C30H48O7. The van der Waals surface area contributed by atoms with Crippen LogP contribution in [0.3, 0.4) is 0 Å². The summed E-state index contributed by atoms with van der Waals surface area (Å²) < 4.78 is 5.62. The number of aliphatic hydroxyl groups is 2. The molecule has 4 rings (SSSR count). The van der Waals surface area contributed by atoms with Crippen LogP contribution in [-0.2, 0) is 19.1 Å². The van der Waals surface area contributed by atoms with Crippen molar-refractivity contribution in [2.75, 3.05) is 0 Å². The van der Waals surface area contributed by atoms with Gasteiger partial charge >= 0.3 is 11.9 Å². The summed E-state index contributed by atoms with van der Waals surface area (Å²) in [7, 11) is 0. The predicted octanol–water partition coefficient (Wildman–Crippen LogP) is 4.76. The molecule has 0 aromatic carbocycles. The number of Topliss-reactive ketones (excluding diaryl/α,β-unsaturated/α-hetero) is 1. The minimum Gasteiger partial charge on any atom is -0.481 e. The topological polar surface area (TPSA) is 121 Å². The van der Waals surface area contributed by atoms with Crippen molar-refractivity contribution in [2.45, 2.75) is 123 Å². The van der Waals surface area contributed by atoms with Crippen LogP contribution in [0.4, 0.5) is 0 Å². The van der Waals surface area contributed by atoms with Gasteiger partial charge in [-0.2, -0.15) is 0 Å². The fourth-order valence-corrected chi connectivity index (χ4v) is 9.98. The zero-order valence-corrected chi connectivity index (χ0v) is 23.6. The normalized spacial score (nSPS) is 47.1. The molecule has 0 saturated heterocycles. The first-order valence-electron chi connectivity index (χ1n) is 14.5. The van der Waals surface area contributed by atoms with E-state index in [1.165, 1.54) is 6.92 Å². The molecular weight excluding hydrogens is 472 g/mol. The van der Waals surface area contributed by atoms with E-state index in [0.29, 0.717) is 25.7 Å². The molecule has 10 atom stereocenters. The third kappa shape index (κ3) is 4.18. The number of carbonyl (C=O) groups is 3. The number of esters is 1. The number of fused-ring (bicyclic) bond motifs is 5. The lowest BCUT2D eigenvalue weighted by Gasteiger charge is -2.69. The van der Waals surface area contributed by atoms with Gasteiger partial charge in [0.1, 0.15) is 11.9 Å². The number of ether oxygens (including phenoxy) is 1. The minimum absolute atomic E-state index is 0.0352. The van der Waals surface area contributed by atoms with Crippen LogP contribution in [0, 0.1) is 46.3 Å². The fourth-order valence-electron chi connectivity index (χ4n) is 9.98. The Bertz CT molecular complexity index is 931. The molecule has 7 nitrogen and oxygen atoms in total. The van der Waals surface area contributed by atoms with Gasteiger partial charge in [0.15, 0.2) is 0 Å². The highest BCUT2D eigenvalue weighted by molar-refractivity contribution is 5.84. The second-order valence-corrected chi connectivity index (χ2v) is 13.6. The maximum absolute atomic E-state index is 14.0. The van der Waals surface area contributed by atoms with Gasteiger partial charge in [0, 0.05) is 31.6 Å².